The summed E-state index contributed by atoms with van der Waals surface area (Å²) in [6, 6.07) is 19.4. The van der Waals surface area contributed by atoms with Gasteiger partial charge in [-0.1, -0.05) is 66.7 Å². The van der Waals surface area contributed by atoms with Gasteiger partial charge >= 0.3 is 0 Å². The molecule has 2 aromatic rings. The molecule has 0 amide bonds. The van der Waals surface area contributed by atoms with E-state index in [0.717, 1.165) is 11.1 Å². The highest BCUT2D eigenvalue weighted by atomic mass is 16.5. The SMILES string of the molecule is C/C=C/[C@@](O)(c1ccccc1)[C@@H](OC)c1ccccc1. The molecule has 2 nitrogen and oxygen atoms in total. The molecule has 0 aliphatic heterocycles. The van der Waals surface area contributed by atoms with Crippen molar-refractivity contribution in [2.75, 3.05) is 7.11 Å². The van der Waals surface area contributed by atoms with Crippen LogP contribution in [-0.4, -0.2) is 12.2 Å². The Labute approximate surface area is 120 Å². The van der Waals surface area contributed by atoms with Crippen LogP contribution in [0.5, 0.6) is 0 Å². The molecule has 0 radical (unpaired) electrons. The van der Waals surface area contributed by atoms with Gasteiger partial charge in [-0.05, 0) is 24.1 Å². The van der Waals surface area contributed by atoms with Gasteiger partial charge in [-0.15, -0.1) is 0 Å². The van der Waals surface area contributed by atoms with Crippen LogP contribution in [0.3, 0.4) is 0 Å². The third kappa shape index (κ3) is 2.82. The molecule has 20 heavy (non-hydrogen) atoms. The number of hydrogen-bond donors (Lipinski definition) is 1. The fraction of sp³-hybridized carbons (Fsp3) is 0.222. The van der Waals surface area contributed by atoms with Crippen molar-refractivity contribution in [2.45, 2.75) is 18.6 Å². The normalized spacial score (nSPS) is 15.9. The minimum atomic E-state index is -1.19. The Kier molecular flexibility index (Phi) is 4.72. The van der Waals surface area contributed by atoms with Crippen LogP contribution in [0.1, 0.15) is 24.2 Å². The Bertz CT molecular complexity index is 548. The summed E-state index contributed by atoms with van der Waals surface area (Å²) in [7, 11) is 1.62. The van der Waals surface area contributed by atoms with Gasteiger partial charge in [-0.25, -0.2) is 0 Å². The van der Waals surface area contributed by atoms with Gasteiger partial charge in [0.1, 0.15) is 11.7 Å². The van der Waals surface area contributed by atoms with E-state index in [1.165, 1.54) is 0 Å². The Morgan fingerprint density at radius 2 is 1.55 bits per heavy atom. The van der Waals surface area contributed by atoms with Crippen LogP contribution in [-0.2, 0) is 10.3 Å². The molecule has 0 unspecified atom stereocenters. The molecule has 2 rings (SSSR count). The van der Waals surface area contributed by atoms with Crippen molar-refractivity contribution in [1.82, 2.24) is 0 Å². The van der Waals surface area contributed by atoms with E-state index in [9.17, 15) is 5.11 Å². The van der Waals surface area contributed by atoms with Crippen molar-refractivity contribution in [3.05, 3.63) is 83.9 Å². The first-order chi connectivity index (χ1) is 9.72. The zero-order chi connectivity index (χ0) is 14.4. The molecule has 2 aromatic carbocycles. The van der Waals surface area contributed by atoms with Crippen molar-refractivity contribution < 1.29 is 9.84 Å². The Balaban J connectivity index is 2.51. The lowest BCUT2D eigenvalue weighted by atomic mass is 9.84. The molecule has 0 aliphatic carbocycles. The maximum Gasteiger partial charge on any atom is 0.138 e. The maximum absolute atomic E-state index is 11.2. The van der Waals surface area contributed by atoms with Crippen molar-refractivity contribution in [2.24, 2.45) is 0 Å². The molecule has 0 aromatic heterocycles. The molecule has 0 heterocycles. The Hall–Kier alpha value is -1.90. The van der Waals surface area contributed by atoms with Gasteiger partial charge in [0, 0.05) is 7.11 Å². The quantitative estimate of drug-likeness (QED) is 0.835. The lowest BCUT2D eigenvalue weighted by Gasteiger charge is -2.33. The summed E-state index contributed by atoms with van der Waals surface area (Å²) in [6.45, 7) is 1.89. The number of aliphatic hydroxyl groups is 1. The van der Waals surface area contributed by atoms with E-state index in [-0.39, 0.29) is 0 Å². The van der Waals surface area contributed by atoms with E-state index in [0.29, 0.717) is 0 Å². The highest BCUT2D eigenvalue weighted by Crippen LogP contribution is 2.38. The second-order valence-corrected chi connectivity index (χ2v) is 4.72. The number of methoxy groups -OCH3 is 1. The largest absolute Gasteiger partial charge is 0.378 e. The van der Waals surface area contributed by atoms with Crippen molar-refractivity contribution in [3.63, 3.8) is 0 Å². The fourth-order valence-corrected chi connectivity index (χ4v) is 2.49. The summed E-state index contributed by atoms with van der Waals surface area (Å²) in [5, 5.41) is 11.2. The third-order valence-corrected chi connectivity index (χ3v) is 3.39. The van der Waals surface area contributed by atoms with E-state index in [1.54, 1.807) is 13.2 Å². The molecule has 2 atom stereocenters. The number of ether oxygens (including phenoxy) is 1. The van der Waals surface area contributed by atoms with Gasteiger partial charge in [-0.3, -0.25) is 0 Å². The summed E-state index contributed by atoms with van der Waals surface area (Å²) in [5.41, 5.74) is 0.569. The first kappa shape index (κ1) is 14.5. The molecule has 1 N–H and O–H groups in total. The van der Waals surface area contributed by atoms with Crippen LogP contribution in [0.15, 0.2) is 72.8 Å². The van der Waals surface area contributed by atoms with Crippen LogP contribution in [0, 0.1) is 0 Å². The summed E-state index contributed by atoms with van der Waals surface area (Å²) < 4.78 is 5.61. The second kappa shape index (κ2) is 6.51. The van der Waals surface area contributed by atoms with E-state index < -0.39 is 11.7 Å². The molecular formula is C18H20O2. The summed E-state index contributed by atoms with van der Waals surface area (Å²) >= 11 is 0. The third-order valence-electron chi connectivity index (χ3n) is 3.39. The number of benzene rings is 2. The monoisotopic (exact) mass is 268 g/mol. The Morgan fingerprint density at radius 3 is 2.05 bits per heavy atom. The van der Waals surface area contributed by atoms with Crippen molar-refractivity contribution in [1.29, 1.82) is 0 Å². The van der Waals surface area contributed by atoms with Gasteiger partial charge in [0.2, 0.25) is 0 Å². The molecule has 104 valence electrons. The fourth-order valence-electron chi connectivity index (χ4n) is 2.49. The van der Waals surface area contributed by atoms with Gasteiger partial charge in [-0.2, -0.15) is 0 Å². The van der Waals surface area contributed by atoms with E-state index in [2.05, 4.69) is 0 Å². The molecule has 0 fully saturated rings. The zero-order valence-electron chi connectivity index (χ0n) is 11.9. The lowest BCUT2D eigenvalue weighted by Crippen LogP contribution is -2.32. The van der Waals surface area contributed by atoms with E-state index in [4.69, 9.17) is 4.74 Å². The van der Waals surface area contributed by atoms with Gasteiger partial charge < -0.3 is 9.84 Å². The van der Waals surface area contributed by atoms with E-state index in [1.807, 2.05) is 73.7 Å². The minimum absolute atomic E-state index is 0.456. The average Bonchev–Trinajstić information content (AvgIpc) is 2.50. The first-order valence-corrected chi connectivity index (χ1v) is 6.72. The number of rotatable bonds is 5. The molecular weight excluding hydrogens is 248 g/mol. The lowest BCUT2D eigenvalue weighted by molar-refractivity contribution is -0.0692. The molecule has 0 saturated heterocycles. The van der Waals surface area contributed by atoms with E-state index >= 15 is 0 Å². The Morgan fingerprint density at radius 1 is 1.00 bits per heavy atom. The molecule has 0 aliphatic rings. The smallest absolute Gasteiger partial charge is 0.138 e. The van der Waals surface area contributed by atoms with Crippen LogP contribution in [0.4, 0.5) is 0 Å². The topological polar surface area (TPSA) is 29.5 Å². The maximum atomic E-state index is 11.2. The molecule has 0 saturated carbocycles. The summed E-state index contributed by atoms with van der Waals surface area (Å²) in [5.74, 6) is 0. The first-order valence-electron chi connectivity index (χ1n) is 6.72. The van der Waals surface area contributed by atoms with Gasteiger partial charge in [0.05, 0.1) is 0 Å². The van der Waals surface area contributed by atoms with Crippen molar-refractivity contribution in [3.8, 4) is 0 Å². The predicted octanol–water partition coefficient (Wildman–Crippen LogP) is 3.84. The number of hydrogen-bond acceptors (Lipinski definition) is 2. The van der Waals surface area contributed by atoms with Crippen molar-refractivity contribution >= 4 is 0 Å². The van der Waals surface area contributed by atoms with Crippen LogP contribution in [0.2, 0.25) is 0 Å². The van der Waals surface area contributed by atoms with Crippen LogP contribution < -0.4 is 0 Å². The summed E-state index contributed by atoms with van der Waals surface area (Å²) in [4.78, 5) is 0. The summed E-state index contributed by atoms with van der Waals surface area (Å²) in [6.07, 6.45) is 3.17. The molecule has 0 bridgehead atoms. The van der Waals surface area contributed by atoms with Crippen LogP contribution in [0.25, 0.3) is 0 Å². The molecule has 0 spiro atoms. The zero-order valence-corrected chi connectivity index (χ0v) is 11.9. The predicted molar refractivity (Wildman–Crippen MR) is 81.3 cm³/mol. The van der Waals surface area contributed by atoms with Crippen LogP contribution >= 0.6 is 0 Å². The number of allylic oxidation sites excluding steroid dienone is 1. The minimum Gasteiger partial charge on any atom is -0.378 e. The second-order valence-electron chi connectivity index (χ2n) is 4.72. The van der Waals surface area contributed by atoms with Gasteiger partial charge in [0.15, 0.2) is 0 Å². The average molecular weight is 268 g/mol. The molecule has 2 heteroatoms. The highest BCUT2D eigenvalue weighted by molar-refractivity contribution is 5.33. The standard InChI is InChI=1S/C18H20O2/c1-3-14-18(19,16-12-8-5-9-13-16)17(20-2)15-10-6-4-7-11-15/h3-14,17,19H,1-2H3/b14-3+/t17-,18+/m0/s1. The highest BCUT2D eigenvalue weighted by Gasteiger charge is 2.37. The van der Waals surface area contributed by atoms with Gasteiger partial charge in [0.25, 0.3) is 0 Å².